The third-order valence-corrected chi connectivity index (χ3v) is 2.56. The van der Waals surface area contributed by atoms with Crippen molar-refractivity contribution in [1.29, 1.82) is 0 Å². The van der Waals surface area contributed by atoms with Gasteiger partial charge < -0.3 is 5.73 Å². The van der Waals surface area contributed by atoms with Crippen LogP contribution in [-0.4, -0.2) is 9.78 Å². The summed E-state index contributed by atoms with van der Waals surface area (Å²) >= 11 is 0. The number of fused-ring (bicyclic) bond motifs is 1. The topological polar surface area (TPSA) is 63.8 Å². The highest BCUT2D eigenvalue weighted by atomic mass is 16.1. The Morgan fingerprint density at radius 3 is 2.80 bits per heavy atom. The summed E-state index contributed by atoms with van der Waals surface area (Å²) in [6.45, 7) is 4.33. The van der Waals surface area contributed by atoms with Gasteiger partial charge in [0.1, 0.15) is 0 Å². The fourth-order valence-corrected chi connectivity index (χ4v) is 1.78. The number of benzene rings is 1. The van der Waals surface area contributed by atoms with Crippen molar-refractivity contribution >= 4 is 10.9 Å². The molecule has 4 heteroatoms. The van der Waals surface area contributed by atoms with Crippen LogP contribution in [0, 0.1) is 0 Å². The zero-order chi connectivity index (χ0) is 11.0. The Morgan fingerprint density at radius 2 is 2.20 bits per heavy atom. The van der Waals surface area contributed by atoms with Crippen LogP contribution in [0.5, 0.6) is 0 Å². The molecular formula is C11H15N3O. The summed E-state index contributed by atoms with van der Waals surface area (Å²) < 4.78 is 1.63. The number of H-pyrrole nitrogens is 1. The second kappa shape index (κ2) is 3.55. The van der Waals surface area contributed by atoms with Crippen LogP contribution in [-0.2, 0) is 6.54 Å². The number of hydrogen-bond donors (Lipinski definition) is 2. The molecule has 0 aliphatic heterocycles. The lowest BCUT2D eigenvalue weighted by molar-refractivity contribution is 0.522. The Hall–Kier alpha value is -1.55. The molecule has 0 fully saturated rings. The van der Waals surface area contributed by atoms with Crippen molar-refractivity contribution < 1.29 is 0 Å². The number of nitrogens with one attached hydrogen (secondary N) is 1. The van der Waals surface area contributed by atoms with Crippen molar-refractivity contribution in [3.63, 3.8) is 0 Å². The highest BCUT2D eigenvalue weighted by Gasteiger charge is 2.11. The first-order valence-corrected chi connectivity index (χ1v) is 5.07. The Labute approximate surface area is 87.7 Å². The molecule has 0 radical (unpaired) electrons. The van der Waals surface area contributed by atoms with Crippen molar-refractivity contribution in [3.8, 4) is 0 Å². The fraction of sp³-hybridized carbons (Fsp3) is 0.364. The van der Waals surface area contributed by atoms with Gasteiger partial charge in [-0.05, 0) is 25.5 Å². The zero-order valence-electron chi connectivity index (χ0n) is 8.95. The Kier molecular flexibility index (Phi) is 2.36. The van der Waals surface area contributed by atoms with Gasteiger partial charge in [0.15, 0.2) is 0 Å². The molecule has 2 aromatic rings. The Morgan fingerprint density at radius 1 is 1.47 bits per heavy atom. The minimum Gasteiger partial charge on any atom is -0.326 e. The SMILES string of the molecule is CC(C)n1[nH]c2cccc(CN)c2c1=O. The van der Waals surface area contributed by atoms with E-state index in [1.807, 2.05) is 32.0 Å². The Bertz CT molecular complexity index is 536. The molecule has 0 saturated carbocycles. The van der Waals surface area contributed by atoms with E-state index in [-0.39, 0.29) is 11.6 Å². The van der Waals surface area contributed by atoms with Gasteiger partial charge in [0.05, 0.1) is 10.9 Å². The summed E-state index contributed by atoms with van der Waals surface area (Å²) in [4.78, 5) is 12.0. The van der Waals surface area contributed by atoms with Crippen LogP contribution in [0.4, 0.5) is 0 Å². The summed E-state index contributed by atoms with van der Waals surface area (Å²) in [6, 6.07) is 5.83. The third-order valence-electron chi connectivity index (χ3n) is 2.56. The average Bonchev–Trinajstić information content (AvgIpc) is 2.56. The molecule has 2 rings (SSSR count). The van der Waals surface area contributed by atoms with Crippen LogP contribution in [0.2, 0.25) is 0 Å². The summed E-state index contributed by atoms with van der Waals surface area (Å²) in [7, 11) is 0. The second-order valence-electron chi connectivity index (χ2n) is 3.92. The molecule has 0 aliphatic carbocycles. The van der Waals surface area contributed by atoms with Crippen LogP contribution in [0.25, 0.3) is 10.9 Å². The van der Waals surface area contributed by atoms with Gasteiger partial charge in [-0.3, -0.25) is 9.89 Å². The lowest BCUT2D eigenvalue weighted by Gasteiger charge is -2.03. The summed E-state index contributed by atoms with van der Waals surface area (Å²) in [5.74, 6) is 0. The maximum atomic E-state index is 12.0. The molecule has 1 heterocycles. The molecular weight excluding hydrogens is 190 g/mol. The van der Waals surface area contributed by atoms with Crippen molar-refractivity contribution in [2.45, 2.75) is 26.4 Å². The molecule has 1 aromatic heterocycles. The molecule has 0 atom stereocenters. The molecule has 0 amide bonds. The number of rotatable bonds is 2. The van der Waals surface area contributed by atoms with E-state index in [1.165, 1.54) is 0 Å². The molecule has 4 nitrogen and oxygen atoms in total. The predicted molar refractivity (Wildman–Crippen MR) is 60.8 cm³/mol. The number of aromatic nitrogens is 2. The molecule has 15 heavy (non-hydrogen) atoms. The maximum Gasteiger partial charge on any atom is 0.274 e. The van der Waals surface area contributed by atoms with Gasteiger partial charge in [-0.1, -0.05) is 12.1 Å². The van der Waals surface area contributed by atoms with Gasteiger partial charge in [0.25, 0.3) is 5.56 Å². The first kappa shape index (κ1) is 9.98. The van der Waals surface area contributed by atoms with E-state index in [0.29, 0.717) is 11.9 Å². The lowest BCUT2D eigenvalue weighted by atomic mass is 10.1. The van der Waals surface area contributed by atoms with E-state index in [1.54, 1.807) is 4.68 Å². The van der Waals surface area contributed by atoms with Crippen LogP contribution in [0.1, 0.15) is 25.5 Å². The van der Waals surface area contributed by atoms with E-state index >= 15 is 0 Å². The molecule has 3 N–H and O–H groups in total. The average molecular weight is 205 g/mol. The molecule has 0 saturated heterocycles. The number of aromatic amines is 1. The van der Waals surface area contributed by atoms with Crippen molar-refractivity contribution in [2.75, 3.05) is 0 Å². The van der Waals surface area contributed by atoms with Crippen LogP contribution >= 0.6 is 0 Å². The third kappa shape index (κ3) is 1.47. The van der Waals surface area contributed by atoms with Crippen LogP contribution < -0.4 is 11.3 Å². The summed E-state index contributed by atoms with van der Waals surface area (Å²) in [5.41, 5.74) is 7.38. The zero-order valence-corrected chi connectivity index (χ0v) is 8.95. The smallest absolute Gasteiger partial charge is 0.274 e. The van der Waals surface area contributed by atoms with Gasteiger partial charge in [-0.25, -0.2) is 4.68 Å². The molecule has 80 valence electrons. The minimum absolute atomic E-state index is 0.0149. The molecule has 1 aromatic carbocycles. The van der Waals surface area contributed by atoms with Gasteiger partial charge in [0.2, 0.25) is 0 Å². The first-order chi connectivity index (χ1) is 7.15. The van der Waals surface area contributed by atoms with E-state index < -0.39 is 0 Å². The Balaban J connectivity index is 2.83. The monoisotopic (exact) mass is 205 g/mol. The van der Waals surface area contributed by atoms with E-state index in [2.05, 4.69) is 5.10 Å². The summed E-state index contributed by atoms with van der Waals surface area (Å²) in [6.07, 6.45) is 0. The van der Waals surface area contributed by atoms with E-state index in [0.717, 1.165) is 11.1 Å². The number of hydrogen-bond acceptors (Lipinski definition) is 2. The highest BCUT2D eigenvalue weighted by Crippen LogP contribution is 2.14. The summed E-state index contributed by atoms with van der Waals surface area (Å²) in [5, 5.41) is 3.80. The van der Waals surface area contributed by atoms with E-state index in [9.17, 15) is 4.79 Å². The van der Waals surface area contributed by atoms with Crippen LogP contribution in [0.3, 0.4) is 0 Å². The van der Waals surface area contributed by atoms with Crippen LogP contribution in [0.15, 0.2) is 23.0 Å². The quantitative estimate of drug-likeness (QED) is 0.777. The van der Waals surface area contributed by atoms with Gasteiger partial charge >= 0.3 is 0 Å². The van der Waals surface area contributed by atoms with Gasteiger partial charge in [0, 0.05) is 12.6 Å². The standard InChI is InChI=1S/C11H15N3O/c1-7(2)14-11(15)10-8(6-12)4-3-5-9(10)13-14/h3-5,7,13H,6,12H2,1-2H3. The largest absolute Gasteiger partial charge is 0.326 e. The highest BCUT2D eigenvalue weighted by molar-refractivity contribution is 5.81. The normalized spacial score (nSPS) is 11.5. The van der Waals surface area contributed by atoms with Crippen molar-refractivity contribution in [2.24, 2.45) is 5.73 Å². The number of nitrogens with two attached hydrogens (primary N) is 1. The van der Waals surface area contributed by atoms with Crippen molar-refractivity contribution in [1.82, 2.24) is 9.78 Å². The molecule has 0 bridgehead atoms. The molecule has 0 aliphatic rings. The van der Waals surface area contributed by atoms with Gasteiger partial charge in [-0.2, -0.15) is 0 Å². The van der Waals surface area contributed by atoms with E-state index in [4.69, 9.17) is 5.73 Å². The fourth-order valence-electron chi connectivity index (χ4n) is 1.78. The minimum atomic E-state index is 0.0149. The van der Waals surface area contributed by atoms with Gasteiger partial charge in [-0.15, -0.1) is 0 Å². The number of nitrogens with zero attached hydrogens (tertiary/aromatic N) is 1. The first-order valence-electron chi connectivity index (χ1n) is 5.07. The second-order valence-corrected chi connectivity index (χ2v) is 3.92. The molecule has 0 spiro atoms. The lowest BCUT2D eigenvalue weighted by Crippen LogP contribution is -2.19. The maximum absolute atomic E-state index is 12.0. The molecule has 0 unspecified atom stereocenters. The predicted octanol–water partition coefficient (Wildman–Crippen LogP) is 1.37. The van der Waals surface area contributed by atoms with Crippen molar-refractivity contribution in [3.05, 3.63) is 34.1 Å².